The van der Waals surface area contributed by atoms with Crippen LogP contribution in [0.2, 0.25) is 0 Å². The lowest BCUT2D eigenvalue weighted by Crippen LogP contribution is -2.47. The highest BCUT2D eigenvalue weighted by atomic mass is 79.9. The van der Waals surface area contributed by atoms with E-state index < -0.39 is 0 Å². The van der Waals surface area contributed by atoms with E-state index in [1.165, 1.54) is 51.4 Å². The van der Waals surface area contributed by atoms with Gasteiger partial charge in [-0.2, -0.15) is 0 Å². The largest absolute Gasteiger partial charge is 0.341 e. The predicted octanol–water partition coefficient (Wildman–Crippen LogP) is 3.59. The molecule has 0 saturated heterocycles. The fraction of sp³-hybridized carbons (Fsp3) is 0.933. The molecule has 0 heterocycles. The molecule has 0 aromatic rings. The van der Waals surface area contributed by atoms with E-state index in [9.17, 15) is 4.79 Å². The summed E-state index contributed by atoms with van der Waals surface area (Å²) in [7, 11) is 2.04. The second-order valence-electron chi connectivity index (χ2n) is 6.60. The molecule has 3 fully saturated rings. The summed E-state index contributed by atoms with van der Waals surface area (Å²) in [4.78, 5) is 15.3. The number of rotatable bonds is 2. The van der Waals surface area contributed by atoms with Gasteiger partial charge in [-0.25, -0.2) is 0 Å². The Labute approximate surface area is 119 Å². The van der Waals surface area contributed by atoms with Crippen LogP contribution in [-0.2, 0) is 4.79 Å². The minimum atomic E-state index is 0.357. The van der Waals surface area contributed by atoms with Crippen LogP contribution in [0, 0.1) is 17.8 Å². The van der Waals surface area contributed by atoms with Crippen molar-refractivity contribution in [1.82, 2.24) is 4.90 Å². The standard InChI is InChI=1S/C15H24BrNO/c1-17(14-5-3-2-4-13(14)16)15(18)12-9-10-6-7-11(12)8-10/h10-14H,2-9H2,1H3. The second-order valence-corrected chi connectivity index (χ2v) is 7.77. The second kappa shape index (κ2) is 5.15. The Hall–Kier alpha value is -0.0500. The molecular weight excluding hydrogens is 290 g/mol. The Morgan fingerprint density at radius 1 is 1.11 bits per heavy atom. The number of hydrogen-bond donors (Lipinski definition) is 0. The highest BCUT2D eigenvalue weighted by Gasteiger charge is 2.45. The summed E-state index contributed by atoms with van der Waals surface area (Å²) < 4.78 is 0. The van der Waals surface area contributed by atoms with Gasteiger partial charge in [-0.15, -0.1) is 0 Å². The van der Waals surface area contributed by atoms with Gasteiger partial charge in [-0.3, -0.25) is 4.79 Å². The monoisotopic (exact) mass is 313 g/mol. The van der Waals surface area contributed by atoms with Crippen molar-refractivity contribution in [1.29, 1.82) is 0 Å². The van der Waals surface area contributed by atoms with Gasteiger partial charge < -0.3 is 4.90 Å². The summed E-state index contributed by atoms with van der Waals surface area (Å²) in [6, 6.07) is 0.436. The van der Waals surface area contributed by atoms with Crippen molar-refractivity contribution in [2.24, 2.45) is 17.8 Å². The number of carbonyl (C=O) groups is 1. The third-order valence-corrected chi connectivity index (χ3v) is 6.62. The van der Waals surface area contributed by atoms with Crippen LogP contribution in [0.25, 0.3) is 0 Å². The maximum absolute atomic E-state index is 12.7. The van der Waals surface area contributed by atoms with Crippen molar-refractivity contribution >= 4 is 21.8 Å². The van der Waals surface area contributed by atoms with E-state index in [-0.39, 0.29) is 0 Å². The lowest BCUT2D eigenvalue weighted by atomic mass is 9.86. The van der Waals surface area contributed by atoms with Crippen LogP contribution in [0.1, 0.15) is 51.4 Å². The molecule has 0 radical (unpaired) electrons. The lowest BCUT2D eigenvalue weighted by Gasteiger charge is -2.37. The zero-order valence-electron chi connectivity index (χ0n) is 11.3. The molecule has 0 aromatic carbocycles. The number of fused-ring (bicyclic) bond motifs is 2. The van der Waals surface area contributed by atoms with E-state index in [0.29, 0.717) is 28.6 Å². The average molecular weight is 314 g/mol. The maximum atomic E-state index is 12.7. The van der Waals surface area contributed by atoms with Crippen LogP contribution in [0.4, 0.5) is 0 Å². The predicted molar refractivity (Wildman–Crippen MR) is 76.7 cm³/mol. The molecule has 3 aliphatic carbocycles. The summed E-state index contributed by atoms with van der Waals surface area (Å²) in [6.07, 6.45) is 10.2. The van der Waals surface area contributed by atoms with Gasteiger partial charge >= 0.3 is 0 Å². The molecule has 2 nitrogen and oxygen atoms in total. The van der Waals surface area contributed by atoms with Crippen LogP contribution in [-0.4, -0.2) is 28.7 Å². The highest BCUT2D eigenvalue weighted by molar-refractivity contribution is 9.09. The van der Waals surface area contributed by atoms with Crippen molar-refractivity contribution in [2.75, 3.05) is 7.05 Å². The first kappa shape index (κ1) is 13.0. The SMILES string of the molecule is CN(C(=O)C1CC2CCC1C2)C1CCCCC1Br. The van der Waals surface area contributed by atoms with Crippen LogP contribution < -0.4 is 0 Å². The highest BCUT2D eigenvalue weighted by Crippen LogP contribution is 2.49. The number of amides is 1. The van der Waals surface area contributed by atoms with E-state index in [4.69, 9.17) is 0 Å². The average Bonchev–Trinajstić information content (AvgIpc) is 3.00. The number of halogens is 1. The fourth-order valence-electron chi connectivity index (χ4n) is 4.47. The molecule has 0 N–H and O–H groups in total. The summed E-state index contributed by atoms with van der Waals surface area (Å²) in [5.41, 5.74) is 0. The quantitative estimate of drug-likeness (QED) is 0.713. The van der Waals surface area contributed by atoms with Crippen LogP contribution in [0.15, 0.2) is 0 Å². The van der Waals surface area contributed by atoms with E-state index in [1.54, 1.807) is 0 Å². The van der Waals surface area contributed by atoms with Crippen LogP contribution in [0.5, 0.6) is 0 Å². The molecule has 0 spiro atoms. The Morgan fingerprint density at radius 3 is 2.50 bits per heavy atom. The van der Waals surface area contributed by atoms with Crippen molar-refractivity contribution < 1.29 is 4.79 Å². The first-order valence-corrected chi connectivity index (χ1v) is 8.49. The molecule has 1 amide bonds. The Kier molecular flexibility index (Phi) is 3.70. The van der Waals surface area contributed by atoms with Gasteiger partial charge in [0.15, 0.2) is 0 Å². The Morgan fingerprint density at radius 2 is 1.89 bits per heavy atom. The Bertz CT molecular complexity index is 332. The van der Waals surface area contributed by atoms with Gasteiger partial charge in [-0.05, 0) is 43.9 Å². The summed E-state index contributed by atoms with van der Waals surface area (Å²) in [5.74, 6) is 2.37. The van der Waals surface area contributed by atoms with Gasteiger partial charge in [-0.1, -0.05) is 35.2 Å². The van der Waals surface area contributed by atoms with Crippen LogP contribution in [0.3, 0.4) is 0 Å². The third kappa shape index (κ3) is 2.23. The van der Waals surface area contributed by atoms with Crippen LogP contribution >= 0.6 is 15.9 Å². The number of nitrogens with zero attached hydrogens (tertiary/aromatic N) is 1. The van der Waals surface area contributed by atoms with Crippen molar-refractivity contribution in [3.8, 4) is 0 Å². The molecule has 3 saturated carbocycles. The zero-order chi connectivity index (χ0) is 12.7. The van der Waals surface area contributed by atoms with Crippen molar-refractivity contribution in [2.45, 2.75) is 62.2 Å². The zero-order valence-corrected chi connectivity index (χ0v) is 12.9. The molecule has 18 heavy (non-hydrogen) atoms. The van der Waals surface area contributed by atoms with Gasteiger partial charge in [0.05, 0.1) is 0 Å². The first-order chi connectivity index (χ1) is 8.66. The molecule has 3 heteroatoms. The van der Waals surface area contributed by atoms with Gasteiger partial charge in [0.1, 0.15) is 0 Å². The molecular formula is C15H24BrNO. The third-order valence-electron chi connectivity index (χ3n) is 5.55. The number of alkyl halides is 1. The van der Waals surface area contributed by atoms with Gasteiger partial charge in [0, 0.05) is 23.8 Å². The van der Waals surface area contributed by atoms with E-state index >= 15 is 0 Å². The molecule has 102 valence electrons. The van der Waals surface area contributed by atoms with Gasteiger partial charge in [0.2, 0.25) is 5.91 Å². The molecule has 0 aromatic heterocycles. The number of carbonyl (C=O) groups excluding carboxylic acids is 1. The fourth-order valence-corrected chi connectivity index (χ4v) is 5.42. The molecule has 0 aliphatic heterocycles. The van der Waals surface area contributed by atoms with Crippen molar-refractivity contribution in [3.05, 3.63) is 0 Å². The summed E-state index contributed by atoms with van der Waals surface area (Å²) >= 11 is 3.78. The summed E-state index contributed by atoms with van der Waals surface area (Å²) in [6.45, 7) is 0. The topological polar surface area (TPSA) is 20.3 Å². The molecule has 2 bridgehead atoms. The molecule has 5 atom stereocenters. The van der Waals surface area contributed by atoms with E-state index in [2.05, 4.69) is 20.8 Å². The first-order valence-electron chi connectivity index (χ1n) is 7.57. The minimum Gasteiger partial charge on any atom is -0.341 e. The van der Waals surface area contributed by atoms with E-state index in [1.807, 2.05) is 7.05 Å². The molecule has 5 unspecified atom stereocenters. The lowest BCUT2D eigenvalue weighted by molar-refractivity contribution is -0.138. The number of hydrogen-bond acceptors (Lipinski definition) is 1. The summed E-state index contributed by atoms with van der Waals surface area (Å²) in [5, 5.41) is 0. The normalized spacial score (nSPS) is 43.1. The van der Waals surface area contributed by atoms with E-state index in [0.717, 1.165) is 5.92 Å². The Balaban J connectivity index is 1.64. The maximum Gasteiger partial charge on any atom is 0.225 e. The minimum absolute atomic E-state index is 0.357. The van der Waals surface area contributed by atoms with Gasteiger partial charge in [0.25, 0.3) is 0 Å². The molecule has 3 aliphatic rings. The smallest absolute Gasteiger partial charge is 0.225 e. The molecule has 3 rings (SSSR count). The van der Waals surface area contributed by atoms with Crippen molar-refractivity contribution in [3.63, 3.8) is 0 Å².